The third-order valence-corrected chi connectivity index (χ3v) is 4.53. The summed E-state index contributed by atoms with van der Waals surface area (Å²) in [5.41, 5.74) is 0.914. The molecule has 0 aromatic carbocycles. The maximum absolute atomic E-state index is 12.8. The molecule has 1 saturated heterocycles. The van der Waals surface area contributed by atoms with Crippen LogP contribution in [0.4, 0.5) is 0 Å². The van der Waals surface area contributed by atoms with E-state index in [0.29, 0.717) is 32.4 Å². The van der Waals surface area contributed by atoms with E-state index >= 15 is 0 Å². The van der Waals surface area contributed by atoms with Crippen LogP contribution in [0.25, 0.3) is 0 Å². The summed E-state index contributed by atoms with van der Waals surface area (Å²) in [7, 11) is 0. The number of hydrogen-bond donors (Lipinski definition) is 2. The molecule has 1 fully saturated rings. The first kappa shape index (κ1) is 19.4. The van der Waals surface area contributed by atoms with Gasteiger partial charge in [0.05, 0.1) is 12.2 Å². The first-order valence-corrected chi connectivity index (χ1v) is 9.37. The SMILES string of the molecule is CCNC(=O)CCCC(=O)N(Cc1ccccn1)C1CCCNCC1. The van der Waals surface area contributed by atoms with E-state index in [1.807, 2.05) is 30.0 Å². The summed E-state index contributed by atoms with van der Waals surface area (Å²) in [6, 6.07) is 6.05. The van der Waals surface area contributed by atoms with Gasteiger partial charge in [0.1, 0.15) is 0 Å². The lowest BCUT2D eigenvalue weighted by Crippen LogP contribution is -2.40. The average Bonchev–Trinajstić information content (AvgIpc) is 2.90. The predicted molar refractivity (Wildman–Crippen MR) is 97.8 cm³/mol. The summed E-state index contributed by atoms with van der Waals surface area (Å²) >= 11 is 0. The normalized spacial score (nSPS) is 17.6. The lowest BCUT2D eigenvalue weighted by Gasteiger charge is -2.31. The highest BCUT2D eigenvalue weighted by Crippen LogP contribution is 2.18. The largest absolute Gasteiger partial charge is 0.356 e. The minimum Gasteiger partial charge on any atom is -0.356 e. The minimum absolute atomic E-state index is 0.0187. The Hall–Kier alpha value is -1.95. The first-order valence-electron chi connectivity index (χ1n) is 9.37. The molecule has 6 nitrogen and oxygen atoms in total. The molecule has 1 atom stereocenters. The van der Waals surface area contributed by atoms with Crippen molar-refractivity contribution in [2.75, 3.05) is 19.6 Å². The van der Waals surface area contributed by atoms with Crippen LogP contribution in [0.5, 0.6) is 0 Å². The molecule has 1 aromatic rings. The molecule has 0 aliphatic carbocycles. The standard InChI is InChI=1S/C19H30N4O2/c1-2-21-18(24)9-5-10-19(25)23(15-16-7-3-4-13-22-16)17-8-6-12-20-14-11-17/h3-4,7,13,17,20H,2,5-6,8-12,14-15H2,1H3,(H,21,24). The second-order valence-electron chi connectivity index (χ2n) is 6.48. The number of carbonyl (C=O) groups excluding carboxylic acids is 2. The van der Waals surface area contributed by atoms with Gasteiger partial charge >= 0.3 is 0 Å². The molecule has 2 amide bonds. The Kier molecular flexibility index (Phi) is 8.39. The number of amides is 2. The highest BCUT2D eigenvalue weighted by Gasteiger charge is 2.24. The number of hydrogen-bond acceptors (Lipinski definition) is 4. The van der Waals surface area contributed by atoms with Gasteiger partial charge in [-0.2, -0.15) is 0 Å². The molecule has 1 unspecified atom stereocenters. The van der Waals surface area contributed by atoms with Crippen LogP contribution in [0.3, 0.4) is 0 Å². The van der Waals surface area contributed by atoms with Gasteiger partial charge in [-0.05, 0) is 57.8 Å². The number of carbonyl (C=O) groups is 2. The molecular formula is C19H30N4O2. The van der Waals surface area contributed by atoms with Gasteiger partial charge in [0.15, 0.2) is 0 Å². The van der Waals surface area contributed by atoms with E-state index in [1.165, 1.54) is 0 Å². The third kappa shape index (κ3) is 6.82. The van der Waals surface area contributed by atoms with Crippen molar-refractivity contribution in [2.45, 2.75) is 58.0 Å². The molecule has 2 rings (SSSR count). The zero-order chi connectivity index (χ0) is 17.9. The van der Waals surface area contributed by atoms with Crippen LogP contribution in [-0.2, 0) is 16.1 Å². The molecule has 2 heterocycles. The van der Waals surface area contributed by atoms with Crippen LogP contribution in [0.2, 0.25) is 0 Å². The highest BCUT2D eigenvalue weighted by molar-refractivity contribution is 5.79. The Balaban J connectivity index is 1.97. The van der Waals surface area contributed by atoms with Crippen molar-refractivity contribution in [1.82, 2.24) is 20.5 Å². The predicted octanol–water partition coefficient (Wildman–Crippen LogP) is 1.86. The summed E-state index contributed by atoms with van der Waals surface area (Å²) in [6.07, 6.45) is 6.24. The minimum atomic E-state index is 0.0187. The Morgan fingerprint density at radius 3 is 2.92 bits per heavy atom. The molecule has 138 valence electrons. The molecule has 0 spiro atoms. The number of nitrogens with one attached hydrogen (secondary N) is 2. The summed E-state index contributed by atoms with van der Waals surface area (Å²) in [5, 5.41) is 6.18. The van der Waals surface area contributed by atoms with Crippen molar-refractivity contribution in [3.63, 3.8) is 0 Å². The summed E-state index contributed by atoms with van der Waals surface area (Å²) in [4.78, 5) is 30.8. The quantitative estimate of drug-likeness (QED) is 0.753. The summed E-state index contributed by atoms with van der Waals surface area (Å²) < 4.78 is 0. The van der Waals surface area contributed by atoms with Crippen molar-refractivity contribution in [2.24, 2.45) is 0 Å². The van der Waals surface area contributed by atoms with Crippen molar-refractivity contribution in [3.8, 4) is 0 Å². The highest BCUT2D eigenvalue weighted by atomic mass is 16.2. The second-order valence-corrected chi connectivity index (χ2v) is 6.48. The smallest absolute Gasteiger partial charge is 0.223 e. The van der Waals surface area contributed by atoms with E-state index < -0.39 is 0 Å². The molecule has 0 saturated carbocycles. The van der Waals surface area contributed by atoms with Crippen LogP contribution >= 0.6 is 0 Å². The number of pyridine rings is 1. The molecule has 2 N–H and O–H groups in total. The van der Waals surface area contributed by atoms with Crippen molar-refractivity contribution < 1.29 is 9.59 Å². The first-order chi connectivity index (χ1) is 12.2. The van der Waals surface area contributed by atoms with Gasteiger partial charge in [0.25, 0.3) is 0 Å². The van der Waals surface area contributed by atoms with Crippen molar-refractivity contribution in [3.05, 3.63) is 30.1 Å². The maximum Gasteiger partial charge on any atom is 0.223 e. The Labute approximate surface area is 150 Å². The molecule has 1 aliphatic rings. The zero-order valence-corrected chi connectivity index (χ0v) is 15.2. The van der Waals surface area contributed by atoms with Crippen LogP contribution in [0, 0.1) is 0 Å². The van der Waals surface area contributed by atoms with E-state index in [1.54, 1.807) is 6.20 Å². The van der Waals surface area contributed by atoms with Crippen molar-refractivity contribution in [1.29, 1.82) is 0 Å². The lowest BCUT2D eigenvalue weighted by molar-refractivity contribution is -0.134. The van der Waals surface area contributed by atoms with Gasteiger partial charge in [-0.3, -0.25) is 14.6 Å². The van der Waals surface area contributed by atoms with E-state index in [-0.39, 0.29) is 17.9 Å². The topological polar surface area (TPSA) is 74.3 Å². The third-order valence-electron chi connectivity index (χ3n) is 4.53. The van der Waals surface area contributed by atoms with Crippen molar-refractivity contribution >= 4 is 11.8 Å². The lowest BCUT2D eigenvalue weighted by atomic mass is 10.1. The molecule has 0 bridgehead atoms. The molecule has 25 heavy (non-hydrogen) atoms. The summed E-state index contributed by atoms with van der Waals surface area (Å²) in [5.74, 6) is 0.145. The van der Waals surface area contributed by atoms with Crippen LogP contribution < -0.4 is 10.6 Å². The summed E-state index contributed by atoms with van der Waals surface area (Å²) in [6.45, 7) is 5.03. The van der Waals surface area contributed by atoms with Gasteiger partial charge in [-0.15, -0.1) is 0 Å². The fraction of sp³-hybridized carbons (Fsp3) is 0.632. The molecule has 1 aliphatic heterocycles. The monoisotopic (exact) mass is 346 g/mol. The van der Waals surface area contributed by atoms with Crippen LogP contribution in [-0.4, -0.2) is 47.4 Å². The number of rotatable bonds is 8. The van der Waals surface area contributed by atoms with Crippen LogP contribution in [0.1, 0.15) is 51.1 Å². The molecule has 6 heteroatoms. The maximum atomic E-state index is 12.8. The van der Waals surface area contributed by atoms with Gasteiger partial charge in [-0.1, -0.05) is 6.07 Å². The van der Waals surface area contributed by atoms with E-state index in [0.717, 1.165) is 38.0 Å². The van der Waals surface area contributed by atoms with Gasteiger partial charge in [0, 0.05) is 31.6 Å². The molecular weight excluding hydrogens is 316 g/mol. The molecule has 0 radical (unpaired) electrons. The fourth-order valence-electron chi connectivity index (χ4n) is 3.23. The second kappa shape index (κ2) is 10.8. The van der Waals surface area contributed by atoms with Crippen LogP contribution in [0.15, 0.2) is 24.4 Å². The zero-order valence-electron chi connectivity index (χ0n) is 15.2. The fourth-order valence-corrected chi connectivity index (χ4v) is 3.23. The molecule has 1 aromatic heterocycles. The van der Waals surface area contributed by atoms with E-state index in [4.69, 9.17) is 0 Å². The number of nitrogens with zero attached hydrogens (tertiary/aromatic N) is 2. The Morgan fingerprint density at radius 1 is 1.28 bits per heavy atom. The number of aromatic nitrogens is 1. The van der Waals surface area contributed by atoms with Gasteiger partial charge < -0.3 is 15.5 Å². The van der Waals surface area contributed by atoms with E-state index in [2.05, 4.69) is 15.6 Å². The Bertz CT molecular complexity index is 527. The van der Waals surface area contributed by atoms with E-state index in [9.17, 15) is 9.59 Å². The van der Waals surface area contributed by atoms with Gasteiger partial charge in [0.2, 0.25) is 11.8 Å². The average molecular weight is 346 g/mol. The van der Waals surface area contributed by atoms with Gasteiger partial charge in [-0.25, -0.2) is 0 Å². The Morgan fingerprint density at radius 2 is 2.16 bits per heavy atom.